The Labute approximate surface area is 181 Å². The highest BCUT2D eigenvalue weighted by atomic mass is 16.6. The summed E-state index contributed by atoms with van der Waals surface area (Å²) in [5.41, 5.74) is 4.73. The number of rotatable bonds is 6. The molecule has 1 aliphatic rings. The SMILES string of the molecule is O=[N+]([O-])c1ccc(CN=C(NCc2ccccn2)NC2CCc3ccccc3C2)cc1. The van der Waals surface area contributed by atoms with Gasteiger partial charge in [0.1, 0.15) is 0 Å². The number of nitrogens with zero attached hydrogens (tertiary/aromatic N) is 3. The summed E-state index contributed by atoms with van der Waals surface area (Å²) in [7, 11) is 0. The lowest BCUT2D eigenvalue weighted by molar-refractivity contribution is -0.384. The van der Waals surface area contributed by atoms with Crippen molar-refractivity contribution in [2.45, 2.75) is 38.4 Å². The molecular formula is C24H25N5O2. The second-order valence-electron chi connectivity index (χ2n) is 7.62. The summed E-state index contributed by atoms with van der Waals surface area (Å²) in [5, 5.41) is 17.8. The van der Waals surface area contributed by atoms with Crippen molar-refractivity contribution in [1.82, 2.24) is 15.6 Å². The van der Waals surface area contributed by atoms with Crippen LogP contribution in [-0.4, -0.2) is 21.9 Å². The number of aryl methyl sites for hydroxylation is 1. The van der Waals surface area contributed by atoms with Crippen LogP contribution < -0.4 is 10.6 Å². The van der Waals surface area contributed by atoms with E-state index in [1.165, 1.54) is 23.3 Å². The zero-order valence-corrected chi connectivity index (χ0v) is 17.2. The maximum absolute atomic E-state index is 10.9. The second kappa shape index (κ2) is 9.84. The summed E-state index contributed by atoms with van der Waals surface area (Å²) >= 11 is 0. The molecule has 0 bridgehead atoms. The van der Waals surface area contributed by atoms with Gasteiger partial charge in [-0.2, -0.15) is 0 Å². The first kappa shape index (κ1) is 20.5. The molecule has 31 heavy (non-hydrogen) atoms. The highest BCUT2D eigenvalue weighted by Crippen LogP contribution is 2.21. The Morgan fingerprint density at radius 1 is 1.06 bits per heavy atom. The van der Waals surface area contributed by atoms with Crippen molar-refractivity contribution in [2.24, 2.45) is 4.99 Å². The molecule has 1 atom stereocenters. The van der Waals surface area contributed by atoms with Crippen molar-refractivity contribution in [3.63, 3.8) is 0 Å². The Kier molecular flexibility index (Phi) is 6.52. The van der Waals surface area contributed by atoms with Gasteiger partial charge in [-0.25, -0.2) is 4.99 Å². The Morgan fingerprint density at radius 3 is 2.58 bits per heavy atom. The molecule has 1 aliphatic carbocycles. The highest BCUT2D eigenvalue weighted by Gasteiger charge is 2.19. The maximum atomic E-state index is 10.9. The average Bonchev–Trinajstić information content (AvgIpc) is 2.81. The van der Waals surface area contributed by atoms with Gasteiger partial charge in [-0.05, 0) is 48.1 Å². The molecule has 7 heteroatoms. The highest BCUT2D eigenvalue weighted by molar-refractivity contribution is 5.80. The molecule has 0 saturated carbocycles. The van der Waals surface area contributed by atoms with Crippen LogP contribution in [0.15, 0.2) is 77.9 Å². The lowest BCUT2D eigenvalue weighted by Gasteiger charge is -2.27. The number of hydrogen-bond acceptors (Lipinski definition) is 4. The summed E-state index contributed by atoms with van der Waals surface area (Å²) in [4.78, 5) is 19.6. The molecule has 158 valence electrons. The molecule has 0 fully saturated rings. The molecular weight excluding hydrogens is 390 g/mol. The Morgan fingerprint density at radius 2 is 1.84 bits per heavy atom. The molecule has 1 unspecified atom stereocenters. The predicted molar refractivity (Wildman–Crippen MR) is 121 cm³/mol. The summed E-state index contributed by atoms with van der Waals surface area (Å²) in [6, 6.07) is 21.2. The fourth-order valence-electron chi connectivity index (χ4n) is 3.74. The summed E-state index contributed by atoms with van der Waals surface area (Å²) < 4.78 is 0. The zero-order chi connectivity index (χ0) is 21.5. The molecule has 0 radical (unpaired) electrons. The van der Waals surface area contributed by atoms with E-state index in [0.29, 0.717) is 25.1 Å². The van der Waals surface area contributed by atoms with Gasteiger partial charge in [0.15, 0.2) is 5.96 Å². The molecule has 1 heterocycles. The number of aromatic nitrogens is 1. The largest absolute Gasteiger partial charge is 0.353 e. The number of fused-ring (bicyclic) bond motifs is 1. The van der Waals surface area contributed by atoms with Crippen LogP contribution in [-0.2, 0) is 25.9 Å². The normalized spacial score (nSPS) is 15.7. The van der Waals surface area contributed by atoms with Crippen LogP contribution in [0.5, 0.6) is 0 Å². The van der Waals surface area contributed by atoms with Gasteiger partial charge in [0, 0.05) is 24.4 Å². The number of non-ortho nitro benzene ring substituents is 1. The number of pyridine rings is 1. The van der Waals surface area contributed by atoms with Crippen LogP contribution in [0.2, 0.25) is 0 Å². The maximum Gasteiger partial charge on any atom is 0.269 e. The van der Waals surface area contributed by atoms with E-state index in [1.807, 2.05) is 18.2 Å². The van der Waals surface area contributed by atoms with Crippen molar-refractivity contribution in [2.75, 3.05) is 0 Å². The third-order valence-corrected chi connectivity index (χ3v) is 5.42. The molecule has 0 saturated heterocycles. The van der Waals surface area contributed by atoms with Crippen molar-refractivity contribution in [1.29, 1.82) is 0 Å². The van der Waals surface area contributed by atoms with E-state index in [2.05, 4.69) is 39.9 Å². The monoisotopic (exact) mass is 415 g/mol. The van der Waals surface area contributed by atoms with Crippen LogP contribution in [0, 0.1) is 10.1 Å². The molecule has 3 aromatic rings. The smallest absolute Gasteiger partial charge is 0.269 e. The molecule has 7 nitrogen and oxygen atoms in total. The summed E-state index contributed by atoms with van der Waals surface area (Å²) in [6.45, 7) is 0.995. The molecule has 4 rings (SSSR count). The third-order valence-electron chi connectivity index (χ3n) is 5.42. The minimum atomic E-state index is -0.393. The predicted octanol–water partition coefficient (Wildman–Crippen LogP) is 3.78. The van der Waals surface area contributed by atoms with E-state index in [1.54, 1.807) is 18.3 Å². The van der Waals surface area contributed by atoms with Gasteiger partial charge >= 0.3 is 0 Å². The van der Waals surface area contributed by atoms with Crippen LogP contribution in [0.3, 0.4) is 0 Å². The van der Waals surface area contributed by atoms with Gasteiger partial charge in [0.2, 0.25) is 0 Å². The van der Waals surface area contributed by atoms with Crippen molar-refractivity contribution in [3.8, 4) is 0 Å². The fraction of sp³-hybridized carbons (Fsp3) is 0.250. The summed E-state index contributed by atoms with van der Waals surface area (Å²) in [6.07, 6.45) is 4.82. The Balaban J connectivity index is 1.45. The van der Waals surface area contributed by atoms with Gasteiger partial charge in [-0.15, -0.1) is 0 Å². The van der Waals surface area contributed by atoms with E-state index in [9.17, 15) is 10.1 Å². The summed E-state index contributed by atoms with van der Waals surface area (Å²) in [5.74, 6) is 0.716. The topological polar surface area (TPSA) is 92.5 Å². The molecule has 1 aromatic heterocycles. The number of guanidine groups is 1. The first-order valence-electron chi connectivity index (χ1n) is 10.4. The van der Waals surface area contributed by atoms with Crippen molar-refractivity contribution < 1.29 is 4.92 Å². The minimum Gasteiger partial charge on any atom is -0.353 e. The van der Waals surface area contributed by atoms with Crippen LogP contribution in [0.4, 0.5) is 5.69 Å². The molecule has 2 N–H and O–H groups in total. The number of nitrogens with one attached hydrogen (secondary N) is 2. The Hall–Kier alpha value is -3.74. The fourth-order valence-corrected chi connectivity index (χ4v) is 3.74. The van der Waals surface area contributed by atoms with Gasteiger partial charge in [-0.1, -0.05) is 42.5 Å². The van der Waals surface area contributed by atoms with Crippen LogP contribution >= 0.6 is 0 Å². The van der Waals surface area contributed by atoms with E-state index in [-0.39, 0.29) is 5.69 Å². The Bertz CT molecular complexity index is 1050. The number of hydrogen-bond donors (Lipinski definition) is 2. The lowest BCUT2D eigenvalue weighted by atomic mass is 9.88. The van der Waals surface area contributed by atoms with Crippen LogP contribution in [0.25, 0.3) is 0 Å². The third kappa shape index (κ3) is 5.66. The van der Waals surface area contributed by atoms with E-state index < -0.39 is 4.92 Å². The number of nitro benzene ring substituents is 1. The molecule has 0 spiro atoms. The molecule has 0 amide bonds. The van der Waals surface area contributed by atoms with Crippen LogP contribution in [0.1, 0.15) is 28.8 Å². The van der Waals surface area contributed by atoms with Crippen molar-refractivity contribution >= 4 is 11.6 Å². The van der Waals surface area contributed by atoms with Gasteiger partial charge in [0.25, 0.3) is 5.69 Å². The number of nitro groups is 1. The zero-order valence-electron chi connectivity index (χ0n) is 17.2. The van der Waals surface area contributed by atoms with Gasteiger partial charge in [0.05, 0.1) is 23.7 Å². The quantitative estimate of drug-likeness (QED) is 0.277. The molecule has 0 aliphatic heterocycles. The second-order valence-corrected chi connectivity index (χ2v) is 7.62. The first-order valence-corrected chi connectivity index (χ1v) is 10.4. The number of benzene rings is 2. The van der Waals surface area contributed by atoms with Crippen molar-refractivity contribution in [3.05, 3.63) is 105 Å². The lowest BCUT2D eigenvalue weighted by Crippen LogP contribution is -2.45. The van der Waals surface area contributed by atoms with Gasteiger partial charge < -0.3 is 10.6 Å². The average molecular weight is 415 g/mol. The van der Waals surface area contributed by atoms with Gasteiger partial charge in [-0.3, -0.25) is 15.1 Å². The van der Waals surface area contributed by atoms with E-state index in [0.717, 1.165) is 30.5 Å². The number of aliphatic imine (C=N–C) groups is 1. The molecule has 2 aromatic carbocycles. The minimum absolute atomic E-state index is 0.0835. The van der Waals surface area contributed by atoms with E-state index >= 15 is 0 Å². The first-order chi connectivity index (χ1) is 15.2. The standard InChI is InChI=1S/C24H25N5O2/c30-29(31)23-12-8-18(9-13-23)16-26-24(27-17-22-7-3-4-14-25-22)28-21-11-10-19-5-1-2-6-20(19)15-21/h1-9,12-14,21H,10-11,15-17H2,(H2,26,27,28). The van der Waals surface area contributed by atoms with E-state index in [4.69, 9.17) is 4.99 Å².